The van der Waals surface area contributed by atoms with Crippen molar-refractivity contribution in [2.45, 2.75) is 19.5 Å². The number of anilines is 1. The number of carbonyl (C=O) groups is 2. The molecule has 0 atom stereocenters. The Kier molecular flexibility index (Phi) is 7.25. The van der Waals surface area contributed by atoms with E-state index in [1.807, 2.05) is 31.2 Å². The highest BCUT2D eigenvalue weighted by Gasteiger charge is 2.29. The molecule has 0 aliphatic rings. The lowest BCUT2D eigenvalue weighted by Gasteiger charge is -2.10. The first-order valence-electron chi connectivity index (χ1n) is 8.33. The second kappa shape index (κ2) is 9.63. The Bertz CT molecular complexity index is 790. The van der Waals surface area contributed by atoms with Gasteiger partial charge in [-0.3, -0.25) is 4.79 Å². The largest absolute Gasteiger partial charge is 0.457 e. The number of hydrogen-bond donors (Lipinski definition) is 2. The summed E-state index contributed by atoms with van der Waals surface area (Å²) in [4.78, 5) is 22.9. The van der Waals surface area contributed by atoms with Gasteiger partial charge in [-0.25, -0.2) is 4.79 Å². The summed E-state index contributed by atoms with van der Waals surface area (Å²) in [5.74, 6) is 0.866. The molecule has 2 amide bonds. The standard InChI is InChI=1S/C19H19F3N2O4/c1-13-2-6-15(7-3-13)28-16-8-4-14(5-9-16)24-17(25)10-11-23-18(26)27-12-19(20,21)22/h2-9H,10-12H2,1H3,(H,23,26)(H,24,25). The minimum absolute atomic E-state index is 0.122. The maximum atomic E-state index is 11.9. The molecule has 0 heterocycles. The van der Waals surface area contributed by atoms with E-state index in [1.54, 1.807) is 24.3 Å². The van der Waals surface area contributed by atoms with Gasteiger partial charge < -0.3 is 20.1 Å². The molecular formula is C19H19F3N2O4. The summed E-state index contributed by atoms with van der Waals surface area (Å²) in [6.45, 7) is 0.140. The Morgan fingerprint density at radius 3 is 2.11 bits per heavy atom. The van der Waals surface area contributed by atoms with Crippen molar-refractivity contribution in [1.29, 1.82) is 0 Å². The van der Waals surface area contributed by atoms with Crippen molar-refractivity contribution >= 4 is 17.7 Å². The molecule has 0 aromatic heterocycles. The molecule has 0 aliphatic carbocycles. The van der Waals surface area contributed by atoms with E-state index in [-0.39, 0.29) is 13.0 Å². The Morgan fingerprint density at radius 2 is 1.54 bits per heavy atom. The van der Waals surface area contributed by atoms with Crippen molar-refractivity contribution in [3.05, 3.63) is 54.1 Å². The van der Waals surface area contributed by atoms with Gasteiger partial charge in [0, 0.05) is 18.7 Å². The number of hydrogen-bond acceptors (Lipinski definition) is 4. The number of rotatable bonds is 7. The highest BCUT2D eigenvalue weighted by Crippen LogP contribution is 2.23. The zero-order valence-corrected chi connectivity index (χ0v) is 15.0. The first-order chi connectivity index (χ1) is 13.2. The van der Waals surface area contributed by atoms with Gasteiger partial charge in [0.2, 0.25) is 5.91 Å². The number of ether oxygens (including phenoxy) is 2. The first kappa shape index (κ1) is 21.1. The summed E-state index contributed by atoms with van der Waals surface area (Å²) in [7, 11) is 0. The van der Waals surface area contributed by atoms with Gasteiger partial charge in [-0.1, -0.05) is 17.7 Å². The number of alkyl carbamates (subject to hydrolysis) is 1. The minimum Gasteiger partial charge on any atom is -0.457 e. The molecule has 0 saturated carbocycles. The number of amides is 2. The normalized spacial score (nSPS) is 10.9. The molecule has 2 aromatic rings. The van der Waals surface area contributed by atoms with Crippen molar-refractivity contribution in [3.63, 3.8) is 0 Å². The third-order valence-electron chi connectivity index (χ3n) is 3.38. The SMILES string of the molecule is Cc1ccc(Oc2ccc(NC(=O)CCNC(=O)OCC(F)(F)F)cc2)cc1. The van der Waals surface area contributed by atoms with Crippen molar-refractivity contribution in [1.82, 2.24) is 5.32 Å². The van der Waals surface area contributed by atoms with Crippen LogP contribution in [0.5, 0.6) is 11.5 Å². The van der Waals surface area contributed by atoms with Crippen molar-refractivity contribution in [2.24, 2.45) is 0 Å². The Hall–Kier alpha value is -3.23. The van der Waals surface area contributed by atoms with Gasteiger partial charge in [-0.2, -0.15) is 13.2 Å². The number of alkyl halides is 3. The average molecular weight is 396 g/mol. The van der Waals surface area contributed by atoms with Crippen LogP contribution < -0.4 is 15.4 Å². The van der Waals surface area contributed by atoms with Gasteiger partial charge in [0.05, 0.1) is 0 Å². The van der Waals surface area contributed by atoms with Crippen LogP contribution in [0.15, 0.2) is 48.5 Å². The molecule has 0 fully saturated rings. The zero-order valence-electron chi connectivity index (χ0n) is 15.0. The number of nitrogens with one attached hydrogen (secondary N) is 2. The molecule has 0 bridgehead atoms. The fourth-order valence-corrected chi connectivity index (χ4v) is 2.05. The molecule has 6 nitrogen and oxygen atoms in total. The molecule has 2 rings (SSSR count). The fraction of sp³-hybridized carbons (Fsp3) is 0.263. The van der Waals surface area contributed by atoms with Crippen LogP contribution in [0.4, 0.5) is 23.7 Å². The van der Waals surface area contributed by atoms with Crippen molar-refractivity contribution in [2.75, 3.05) is 18.5 Å². The van der Waals surface area contributed by atoms with Gasteiger partial charge in [0.1, 0.15) is 11.5 Å². The summed E-state index contributed by atoms with van der Waals surface area (Å²) >= 11 is 0. The third kappa shape index (κ3) is 7.98. The van der Waals surface area contributed by atoms with Gasteiger partial charge in [-0.05, 0) is 43.3 Å². The summed E-state index contributed by atoms with van der Waals surface area (Å²) in [6, 6.07) is 14.2. The fourth-order valence-electron chi connectivity index (χ4n) is 2.05. The lowest BCUT2D eigenvalue weighted by Crippen LogP contribution is -2.31. The summed E-state index contributed by atoms with van der Waals surface area (Å²) < 4.78 is 45.3. The lowest BCUT2D eigenvalue weighted by atomic mass is 10.2. The highest BCUT2D eigenvalue weighted by molar-refractivity contribution is 5.91. The predicted molar refractivity (Wildman–Crippen MR) is 96.3 cm³/mol. The molecule has 150 valence electrons. The van der Waals surface area contributed by atoms with E-state index < -0.39 is 24.8 Å². The molecule has 9 heteroatoms. The van der Waals surface area contributed by atoms with Gasteiger partial charge in [0.15, 0.2) is 6.61 Å². The smallest absolute Gasteiger partial charge is 0.422 e. The van der Waals surface area contributed by atoms with E-state index >= 15 is 0 Å². The Morgan fingerprint density at radius 1 is 0.964 bits per heavy atom. The second-order valence-corrected chi connectivity index (χ2v) is 5.86. The van der Waals surface area contributed by atoms with Crippen LogP contribution in [0, 0.1) is 6.92 Å². The second-order valence-electron chi connectivity index (χ2n) is 5.86. The molecule has 0 saturated heterocycles. The number of halogens is 3. The molecule has 0 radical (unpaired) electrons. The topological polar surface area (TPSA) is 76.7 Å². The van der Waals surface area contributed by atoms with Crippen LogP contribution in [0.3, 0.4) is 0 Å². The third-order valence-corrected chi connectivity index (χ3v) is 3.38. The lowest BCUT2D eigenvalue weighted by molar-refractivity contribution is -0.160. The van der Waals surface area contributed by atoms with Crippen LogP contribution in [0.1, 0.15) is 12.0 Å². The molecule has 2 aromatic carbocycles. The predicted octanol–water partition coefficient (Wildman–Crippen LogP) is 4.40. The van der Waals surface area contributed by atoms with Crippen LogP contribution in [-0.2, 0) is 9.53 Å². The molecule has 0 aliphatic heterocycles. The van der Waals surface area contributed by atoms with Gasteiger partial charge >= 0.3 is 12.3 Å². The monoisotopic (exact) mass is 396 g/mol. The maximum Gasteiger partial charge on any atom is 0.422 e. The minimum atomic E-state index is -4.59. The van der Waals surface area contributed by atoms with Crippen LogP contribution in [0.2, 0.25) is 0 Å². The molecular weight excluding hydrogens is 377 g/mol. The van der Waals surface area contributed by atoms with E-state index in [0.29, 0.717) is 17.2 Å². The quantitative estimate of drug-likeness (QED) is 0.727. The molecule has 2 N–H and O–H groups in total. The Labute approximate surface area is 159 Å². The van der Waals surface area contributed by atoms with E-state index in [2.05, 4.69) is 15.4 Å². The zero-order chi connectivity index (χ0) is 20.6. The van der Waals surface area contributed by atoms with Crippen LogP contribution in [0.25, 0.3) is 0 Å². The van der Waals surface area contributed by atoms with E-state index in [1.165, 1.54) is 0 Å². The van der Waals surface area contributed by atoms with Crippen molar-refractivity contribution < 1.29 is 32.2 Å². The summed E-state index contributed by atoms with van der Waals surface area (Å²) in [5, 5.41) is 4.67. The average Bonchev–Trinajstić information content (AvgIpc) is 2.63. The van der Waals surface area contributed by atoms with Gasteiger partial charge in [0.25, 0.3) is 0 Å². The van der Waals surface area contributed by atoms with Crippen LogP contribution in [-0.4, -0.2) is 31.3 Å². The maximum absolute atomic E-state index is 11.9. The number of benzene rings is 2. The first-order valence-corrected chi connectivity index (χ1v) is 8.33. The van der Waals surface area contributed by atoms with E-state index in [4.69, 9.17) is 4.74 Å². The van der Waals surface area contributed by atoms with E-state index in [0.717, 1.165) is 5.56 Å². The van der Waals surface area contributed by atoms with Crippen molar-refractivity contribution in [3.8, 4) is 11.5 Å². The highest BCUT2D eigenvalue weighted by atomic mass is 19.4. The molecule has 0 unspecified atom stereocenters. The number of carbonyl (C=O) groups excluding carboxylic acids is 2. The molecule has 0 spiro atoms. The molecule has 28 heavy (non-hydrogen) atoms. The van der Waals surface area contributed by atoms with E-state index in [9.17, 15) is 22.8 Å². The van der Waals surface area contributed by atoms with Gasteiger partial charge in [-0.15, -0.1) is 0 Å². The summed E-state index contributed by atoms with van der Waals surface area (Å²) in [5.41, 5.74) is 1.63. The van der Waals surface area contributed by atoms with Crippen LogP contribution >= 0.6 is 0 Å². The summed E-state index contributed by atoms with van der Waals surface area (Å²) in [6.07, 6.45) is -5.95. The Balaban J connectivity index is 1.72. The number of aryl methyl sites for hydroxylation is 1.